The smallest absolute Gasteiger partial charge is 0.0537 e. The topological polar surface area (TPSA) is 29.9 Å². The molecule has 2 unspecified atom stereocenters. The SMILES string of the molecule is CCn1ncc2c1C1CCCCC1NC2. The van der Waals surface area contributed by atoms with Gasteiger partial charge in [-0.25, -0.2) is 0 Å². The van der Waals surface area contributed by atoms with Crippen molar-refractivity contribution < 1.29 is 0 Å². The van der Waals surface area contributed by atoms with Crippen LogP contribution in [0.5, 0.6) is 0 Å². The Hall–Kier alpha value is -0.830. The van der Waals surface area contributed by atoms with E-state index in [4.69, 9.17) is 0 Å². The Balaban J connectivity index is 2.00. The molecule has 1 aliphatic carbocycles. The summed E-state index contributed by atoms with van der Waals surface area (Å²) in [6, 6.07) is 0.716. The fraction of sp³-hybridized carbons (Fsp3) is 0.750. The van der Waals surface area contributed by atoms with Crippen LogP contribution in [0.4, 0.5) is 0 Å². The van der Waals surface area contributed by atoms with Gasteiger partial charge in [0.2, 0.25) is 0 Å². The first-order valence-corrected chi connectivity index (χ1v) is 6.18. The van der Waals surface area contributed by atoms with Gasteiger partial charge < -0.3 is 5.32 Å². The summed E-state index contributed by atoms with van der Waals surface area (Å²) < 4.78 is 2.21. The Morgan fingerprint density at radius 3 is 3.20 bits per heavy atom. The van der Waals surface area contributed by atoms with E-state index in [2.05, 4.69) is 28.2 Å². The maximum atomic E-state index is 4.48. The zero-order chi connectivity index (χ0) is 10.3. The first-order chi connectivity index (χ1) is 7.40. The van der Waals surface area contributed by atoms with E-state index >= 15 is 0 Å². The summed E-state index contributed by atoms with van der Waals surface area (Å²) in [5.74, 6) is 0.727. The van der Waals surface area contributed by atoms with Crippen LogP contribution in [-0.2, 0) is 13.1 Å². The molecule has 2 aliphatic rings. The second kappa shape index (κ2) is 3.63. The molecule has 2 atom stereocenters. The van der Waals surface area contributed by atoms with Crippen molar-refractivity contribution in [3.8, 4) is 0 Å². The van der Waals surface area contributed by atoms with Crippen LogP contribution >= 0.6 is 0 Å². The van der Waals surface area contributed by atoms with Crippen molar-refractivity contribution in [1.29, 1.82) is 0 Å². The van der Waals surface area contributed by atoms with Crippen molar-refractivity contribution in [3.05, 3.63) is 17.5 Å². The molecule has 0 saturated heterocycles. The van der Waals surface area contributed by atoms with Crippen molar-refractivity contribution in [1.82, 2.24) is 15.1 Å². The van der Waals surface area contributed by atoms with E-state index in [-0.39, 0.29) is 0 Å². The van der Waals surface area contributed by atoms with E-state index in [0.29, 0.717) is 6.04 Å². The average molecular weight is 205 g/mol. The minimum Gasteiger partial charge on any atom is -0.309 e. The number of rotatable bonds is 1. The number of hydrogen-bond acceptors (Lipinski definition) is 2. The van der Waals surface area contributed by atoms with E-state index in [1.165, 1.54) is 36.9 Å². The molecule has 3 nitrogen and oxygen atoms in total. The summed E-state index contributed by atoms with van der Waals surface area (Å²) in [5.41, 5.74) is 2.96. The maximum Gasteiger partial charge on any atom is 0.0537 e. The summed E-state index contributed by atoms with van der Waals surface area (Å²) in [5, 5.41) is 8.15. The highest BCUT2D eigenvalue weighted by atomic mass is 15.3. The van der Waals surface area contributed by atoms with Crippen LogP contribution in [-0.4, -0.2) is 15.8 Å². The molecule has 3 rings (SSSR count). The largest absolute Gasteiger partial charge is 0.309 e. The van der Waals surface area contributed by atoms with Crippen molar-refractivity contribution in [2.75, 3.05) is 0 Å². The van der Waals surface area contributed by atoms with Gasteiger partial charge in [-0.05, 0) is 19.8 Å². The third kappa shape index (κ3) is 1.41. The van der Waals surface area contributed by atoms with Crippen LogP contribution in [0, 0.1) is 0 Å². The van der Waals surface area contributed by atoms with Gasteiger partial charge in [-0.15, -0.1) is 0 Å². The molecular formula is C12H19N3. The fourth-order valence-corrected chi connectivity index (χ4v) is 3.19. The molecule has 1 saturated carbocycles. The quantitative estimate of drug-likeness (QED) is 0.760. The van der Waals surface area contributed by atoms with Gasteiger partial charge in [0.15, 0.2) is 0 Å². The van der Waals surface area contributed by atoms with E-state index in [0.717, 1.165) is 19.0 Å². The zero-order valence-electron chi connectivity index (χ0n) is 9.37. The second-order valence-electron chi connectivity index (χ2n) is 4.75. The normalized spacial score (nSPS) is 29.7. The van der Waals surface area contributed by atoms with E-state index in [1.807, 2.05) is 0 Å². The highest BCUT2D eigenvalue weighted by Gasteiger charge is 2.33. The Morgan fingerprint density at radius 2 is 2.33 bits per heavy atom. The Morgan fingerprint density at radius 1 is 1.47 bits per heavy atom. The molecular weight excluding hydrogens is 186 g/mol. The third-order valence-electron chi connectivity index (χ3n) is 3.93. The fourth-order valence-electron chi connectivity index (χ4n) is 3.19. The summed E-state index contributed by atoms with van der Waals surface area (Å²) in [7, 11) is 0. The number of nitrogens with zero attached hydrogens (tertiary/aromatic N) is 2. The highest BCUT2D eigenvalue weighted by Crippen LogP contribution is 2.37. The summed E-state index contributed by atoms with van der Waals surface area (Å²) in [6.07, 6.45) is 7.52. The number of aromatic nitrogens is 2. The Bertz CT molecular complexity index is 342. The molecule has 82 valence electrons. The minimum atomic E-state index is 0.716. The third-order valence-corrected chi connectivity index (χ3v) is 3.93. The van der Waals surface area contributed by atoms with Gasteiger partial charge in [-0.3, -0.25) is 4.68 Å². The standard InChI is InChI=1S/C12H19N3/c1-2-15-12-9(8-14-15)7-13-11-6-4-3-5-10(11)12/h8,10-11,13H,2-7H2,1H3. The van der Waals surface area contributed by atoms with Gasteiger partial charge in [0, 0.05) is 36.3 Å². The lowest BCUT2D eigenvalue weighted by Gasteiger charge is -2.36. The van der Waals surface area contributed by atoms with Crippen molar-refractivity contribution in [3.63, 3.8) is 0 Å². The van der Waals surface area contributed by atoms with Crippen LogP contribution in [0.15, 0.2) is 6.20 Å². The van der Waals surface area contributed by atoms with Gasteiger partial charge in [-0.2, -0.15) is 5.10 Å². The average Bonchev–Trinajstić information content (AvgIpc) is 2.72. The van der Waals surface area contributed by atoms with Gasteiger partial charge in [-0.1, -0.05) is 12.8 Å². The monoisotopic (exact) mass is 205 g/mol. The lowest BCUT2D eigenvalue weighted by molar-refractivity contribution is 0.295. The number of aryl methyl sites for hydroxylation is 1. The Kier molecular flexibility index (Phi) is 2.28. The molecule has 0 aromatic carbocycles. The molecule has 1 aliphatic heterocycles. The number of nitrogens with one attached hydrogen (secondary N) is 1. The number of fused-ring (bicyclic) bond motifs is 3. The van der Waals surface area contributed by atoms with Crippen molar-refractivity contribution in [2.45, 2.75) is 57.7 Å². The molecule has 0 spiro atoms. The predicted molar refractivity (Wildman–Crippen MR) is 59.7 cm³/mol. The summed E-state index contributed by atoms with van der Waals surface area (Å²) in [4.78, 5) is 0. The molecule has 15 heavy (non-hydrogen) atoms. The second-order valence-corrected chi connectivity index (χ2v) is 4.75. The predicted octanol–water partition coefficient (Wildman–Crippen LogP) is 2.03. The van der Waals surface area contributed by atoms with Crippen molar-refractivity contribution >= 4 is 0 Å². The Labute approximate surface area is 90.9 Å². The molecule has 3 heteroatoms. The van der Waals surface area contributed by atoms with Gasteiger partial charge in [0.05, 0.1) is 6.20 Å². The molecule has 0 radical (unpaired) electrons. The van der Waals surface area contributed by atoms with Gasteiger partial charge in [0.1, 0.15) is 0 Å². The zero-order valence-corrected chi connectivity index (χ0v) is 9.37. The minimum absolute atomic E-state index is 0.716. The van der Waals surface area contributed by atoms with Gasteiger partial charge >= 0.3 is 0 Å². The van der Waals surface area contributed by atoms with Crippen LogP contribution in [0.3, 0.4) is 0 Å². The lowest BCUT2D eigenvalue weighted by atomic mass is 9.79. The van der Waals surface area contributed by atoms with Gasteiger partial charge in [0.25, 0.3) is 0 Å². The van der Waals surface area contributed by atoms with Crippen LogP contribution in [0.1, 0.15) is 49.8 Å². The van der Waals surface area contributed by atoms with Crippen LogP contribution in [0.2, 0.25) is 0 Å². The molecule has 0 amide bonds. The molecule has 1 aromatic rings. The molecule has 1 fully saturated rings. The first kappa shape index (κ1) is 9.40. The molecule has 1 aromatic heterocycles. The maximum absolute atomic E-state index is 4.48. The lowest BCUT2D eigenvalue weighted by Crippen LogP contribution is -2.41. The molecule has 0 bridgehead atoms. The summed E-state index contributed by atoms with van der Waals surface area (Å²) >= 11 is 0. The summed E-state index contributed by atoms with van der Waals surface area (Å²) in [6.45, 7) is 4.22. The van der Waals surface area contributed by atoms with Crippen LogP contribution < -0.4 is 5.32 Å². The van der Waals surface area contributed by atoms with Crippen LogP contribution in [0.25, 0.3) is 0 Å². The number of hydrogen-bond donors (Lipinski definition) is 1. The van der Waals surface area contributed by atoms with Crippen molar-refractivity contribution in [2.24, 2.45) is 0 Å². The van der Waals surface area contributed by atoms with E-state index in [9.17, 15) is 0 Å². The van der Waals surface area contributed by atoms with E-state index in [1.54, 1.807) is 0 Å². The van der Waals surface area contributed by atoms with E-state index < -0.39 is 0 Å². The molecule has 1 N–H and O–H groups in total. The molecule has 2 heterocycles. The first-order valence-electron chi connectivity index (χ1n) is 6.18. The highest BCUT2D eigenvalue weighted by molar-refractivity contribution is 5.27.